The number of nitrogens with zero attached hydrogens (tertiary/aromatic N) is 2. The molecular weight excluding hydrogens is 294 g/mol. The van der Waals surface area contributed by atoms with E-state index in [4.69, 9.17) is 0 Å². The molecule has 5 heteroatoms. The minimum atomic E-state index is 0.202. The molecule has 0 bridgehead atoms. The third-order valence-corrected chi connectivity index (χ3v) is 4.02. The molecule has 0 saturated carbocycles. The second-order valence-electron chi connectivity index (χ2n) is 4.72. The number of rotatable bonds is 4. The van der Waals surface area contributed by atoms with Gasteiger partial charge >= 0.3 is 0 Å². The van der Waals surface area contributed by atoms with Gasteiger partial charge in [-0.25, -0.2) is 4.98 Å². The Morgan fingerprint density at radius 1 is 1.09 bits per heavy atom. The van der Waals surface area contributed by atoms with Crippen LogP contribution in [-0.2, 0) is 0 Å². The van der Waals surface area contributed by atoms with Crippen LogP contribution in [0.25, 0.3) is 11.3 Å². The van der Waals surface area contributed by atoms with Crippen molar-refractivity contribution in [3.8, 4) is 17.0 Å². The number of hydrogen-bond donors (Lipinski definition) is 2. The summed E-state index contributed by atoms with van der Waals surface area (Å²) in [6, 6.07) is 17.1. The van der Waals surface area contributed by atoms with E-state index in [1.165, 1.54) is 0 Å². The second-order valence-corrected chi connectivity index (χ2v) is 5.92. The minimum Gasteiger partial charge on any atom is -0.507 e. The molecule has 1 aromatic heterocycles. The molecular formula is C17H15N3OS. The molecule has 3 rings (SSSR count). The van der Waals surface area contributed by atoms with E-state index in [-0.39, 0.29) is 5.75 Å². The van der Waals surface area contributed by atoms with Gasteiger partial charge < -0.3 is 5.11 Å². The van der Waals surface area contributed by atoms with Gasteiger partial charge in [-0.05, 0) is 19.1 Å². The quantitative estimate of drug-likeness (QED) is 0.559. The van der Waals surface area contributed by atoms with E-state index in [1.54, 1.807) is 35.8 Å². The van der Waals surface area contributed by atoms with Gasteiger partial charge in [-0.15, -0.1) is 11.3 Å². The molecule has 2 aromatic carbocycles. The number of thiazole rings is 1. The molecule has 110 valence electrons. The van der Waals surface area contributed by atoms with Gasteiger partial charge in [-0.1, -0.05) is 42.5 Å². The van der Waals surface area contributed by atoms with Crippen LogP contribution in [0.4, 0.5) is 5.13 Å². The van der Waals surface area contributed by atoms with Crippen LogP contribution >= 0.6 is 11.3 Å². The molecule has 0 aliphatic carbocycles. The number of aromatic hydroxyl groups is 1. The van der Waals surface area contributed by atoms with Crippen molar-refractivity contribution in [3.05, 3.63) is 65.0 Å². The van der Waals surface area contributed by atoms with Gasteiger partial charge in [0, 0.05) is 16.0 Å². The number of para-hydroxylation sites is 1. The summed E-state index contributed by atoms with van der Waals surface area (Å²) in [6.45, 7) is 2.04. The van der Waals surface area contributed by atoms with Crippen molar-refractivity contribution in [2.75, 3.05) is 5.43 Å². The standard InChI is InChI=1S/C17H15N3OS/c1-12-16(13-7-3-2-4-8-13)19-17(22-12)20-18-11-14-9-5-6-10-15(14)21/h2-11,21H,1H3,(H,19,20)/b18-11+. The third kappa shape index (κ3) is 3.15. The molecule has 0 unspecified atom stereocenters. The van der Waals surface area contributed by atoms with E-state index < -0.39 is 0 Å². The third-order valence-electron chi connectivity index (χ3n) is 3.14. The van der Waals surface area contributed by atoms with Crippen LogP contribution in [-0.4, -0.2) is 16.3 Å². The Balaban J connectivity index is 1.76. The molecule has 0 amide bonds. The Hall–Kier alpha value is -2.66. The highest BCUT2D eigenvalue weighted by atomic mass is 32.1. The average molecular weight is 309 g/mol. The molecule has 2 N–H and O–H groups in total. The van der Waals surface area contributed by atoms with Gasteiger partial charge in [0.05, 0.1) is 11.9 Å². The maximum atomic E-state index is 9.67. The van der Waals surface area contributed by atoms with Gasteiger partial charge in [0.1, 0.15) is 5.75 Å². The monoisotopic (exact) mass is 309 g/mol. The lowest BCUT2D eigenvalue weighted by Gasteiger charge is -1.97. The van der Waals surface area contributed by atoms with E-state index in [1.807, 2.05) is 43.3 Å². The summed E-state index contributed by atoms with van der Waals surface area (Å²) >= 11 is 1.55. The smallest absolute Gasteiger partial charge is 0.204 e. The molecule has 4 nitrogen and oxygen atoms in total. The highest BCUT2D eigenvalue weighted by molar-refractivity contribution is 7.15. The summed E-state index contributed by atoms with van der Waals surface area (Å²) in [6.07, 6.45) is 1.58. The summed E-state index contributed by atoms with van der Waals surface area (Å²) in [5.74, 6) is 0.202. The van der Waals surface area contributed by atoms with E-state index in [0.717, 1.165) is 21.3 Å². The van der Waals surface area contributed by atoms with Crippen LogP contribution in [0.5, 0.6) is 5.75 Å². The van der Waals surface area contributed by atoms with E-state index in [9.17, 15) is 5.11 Å². The van der Waals surface area contributed by atoms with Crippen LogP contribution in [0, 0.1) is 6.92 Å². The molecule has 0 saturated heterocycles. The molecule has 0 spiro atoms. The van der Waals surface area contributed by atoms with Crippen molar-refractivity contribution < 1.29 is 5.11 Å². The zero-order valence-electron chi connectivity index (χ0n) is 12.0. The molecule has 0 atom stereocenters. The first-order valence-corrected chi connectivity index (χ1v) is 7.65. The fourth-order valence-electron chi connectivity index (χ4n) is 2.06. The van der Waals surface area contributed by atoms with Crippen LogP contribution in [0.15, 0.2) is 59.7 Å². The van der Waals surface area contributed by atoms with Crippen molar-refractivity contribution in [3.63, 3.8) is 0 Å². The lowest BCUT2D eigenvalue weighted by Crippen LogP contribution is -1.90. The molecule has 0 fully saturated rings. The SMILES string of the molecule is Cc1sc(N/N=C/c2ccccc2O)nc1-c1ccccc1. The van der Waals surface area contributed by atoms with Gasteiger partial charge in [-0.3, -0.25) is 5.43 Å². The number of benzene rings is 2. The maximum absolute atomic E-state index is 9.67. The topological polar surface area (TPSA) is 57.5 Å². The van der Waals surface area contributed by atoms with E-state index >= 15 is 0 Å². The number of phenols is 1. The number of aromatic nitrogens is 1. The van der Waals surface area contributed by atoms with Crippen molar-refractivity contribution in [2.24, 2.45) is 5.10 Å². The predicted molar refractivity (Wildman–Crippen MR) is 91.6 cm³/mol. The number of aryl methyl sites for hydroxylation is 1. The van der Waals surface area contributed by atoms with Crippen LogP contribution in [0.1, 0.15) is 10.4 Å². The largest absolute Gasteiger partial charge is 0.507 e. The normalized spacial score (nSPS) is 11.0. The summed E-state index contributed by atoms with van der Waals surface area (Å²) in [5.41, 5.74) is 5.63. The number of hydrazone groups is 1. The predicted octanol–water partition coefficient (Wildman–Crippen LogP) is 4.27. The van der Waals surface area contributed by atoms with E-state index in [0.29, 0.717) is 5.56 Å². The summed E-state index contributed by atoms with van der Waals surface area (Å²) in [4.78, 5) is 5.70. The fraction of sp³-hybridized carbons (Fsp3) is 0.0588. The first-order valence-electron chi connectivity index (χ1n) is 6.84. The Labute approximate surface area is 132 Å². The molecule has 0 aliphatic heterocycles. The van der Waals surface area contributed by atoms with Crippen LogP contribution < -0.4 is 5.43 Å². The maximum Gasteiger partial charge on any atom is 0.204 e. The lowest BCUT2D eigenvalue weighted by atomic mass is 10.1. The van der Waals surface area contributed by atoms with Crippen molar-refractivity contribution in [2.45, 2.75) is 6.92 Å². The number of phenolic OH excluding ortho intramolecular Hbond substituents is 1. The van der Waals surface area contributed by atoms with Gasteiger partial charge in [-0.2, -0.15) is 5.10 Å². The van der Waals surface area contributed by atoms with Gasteiger partial charge in [0.15, 0.2) is 0 Å². The zero-order valence-corrected chi connectivity index (χ0v) is 12.8. The first kappa shape index (κ1) is 14.3. The molecule has 0 aliphatic rings. The Bertz CT molecular complexity index is 797. The molecule has 0 radical (unpaired) electrons. The summed E-state index contributed by atoms with van der Waals surface area (Å²) in [5, 5.41) is 14.5. The Kier molecular flexibility index (Phi) is 4.16. The zero-order chi connectivity index (χ0) is 15.4. The molecule has 22 heavy (non-hydrogen) atoms. The summed E-state index contributed by atoms with van der Waals surface area (Å²) < 4.78 is 0. The summed E-state index contributed by atoms with van der Waals surface area (Å²) in [7, 11) is 0. The average Bonchev–Trinajstić information content (AvgIpc) is 2.91. The van der Waals surface area contributed by atoms with Gasteiger partial charge in [0.25, 0.3) is 0 Å². The first-order chi connectivity index (χ1) is 10.7. The second kappa shape index (κ2) is 6.41. The van der Waals surface area contributed by atoms with E-state index in [2.05, 4.69) is 15.5 Å². The number of anilines is 1. The van der Waals surface area contributed by atoms with Crippen molar-refractivity contribution >= 4 is 22.7 Å². The van der Waals surface area contributed by atoms with Crippen molar-refractivity contribution in [1.29, 1.82) is 0 Å². The number of nitrogens with one attached hydrogen (secondary N) is 1. The highest BCUT2D eigenvalue weighted by Gasteiger charge is 2.08. The lowest BCUT2D eigenvalue weighted by molar-refractivity contribution is 0.474. The van der Waals surface area contributed by atoms with Crippen LogP contribution in [0.2, 0.25) is 0 Å². The van der Waals surface area contributed by atoms with Crippen molar-refractivity contribution in [1.82, 2.24) is 4.98 Å². The fourth-order valence-corrected chi connectivity index (χ4v) is 2.85. The number of hydrogen-bond acceptors (Lipinski definition) is 5. The Morgan fingerprint density at radius 3 is 2.59 bits per heavy atom. The Morgan fingerprint density at radius 2 is 1.82 bits per heavy atom. The van der Waals surface area contributed by atoms with Crippen LogP contribution in [0.3, 0.4) is 0 Å². The molecule has 3 aromatic rings. The minimum absolute atomic E-state index is 0.202. The van der Waals surface area contributed by atoms with Gasteiger partial charge in [0.2, 0.25) is 5.13 Å². The highest BCUT2D eigenvalue weighted by Crippen LogP contribution is 2.30. The molecule has 1 heterocycles.